The molecule has 1 aliphatic rings. The van der Waals surface area contributed by atoms with Gasteiger partial charge in [0.2, 0.25) is 0 Å². The Morgan fingerprint density at radius 2 is 2.00 bits per heavy atom. The average Bonchev–Trinajstić information content (AvgIpc) is 3.21. The van der Waals surface area contributed by atoms with Crippen LogP contribution in [0.25, 0.3) is 0 Å². The van der Waals surface area contributed by atoms with Crippen molar-refractivity contribution < 1.29 is 22.4 Å². The summed E-state index contributed by atoms with van der Waals surface area (Å²) < 4.78 is 52.2. The van der Waals surface area contributed by atoms with Crippen molar-refractivity contribution in [2.24, 2.45) is 5.92 Å². The highest BCUT2D eigenvalue weighted by Crippen LogP contribution is 2.36. The van der Waals surface area contributed by atoms with E-state index in [1.54, 1.807) is 6.92 Å². The summed E-state index contributed by atoms with van der Waals surface area (Å²) in [6.07, 6.45) is -2.89. The molecule has 1 amide bonds. The van der Waals surface area contributed by atoms with Gasteiger partial charge in [0, 0.05) is 6.04 Å². The van der Waals surface area contributed by atoms with Crippen molar-refractivity contribution in [1.82, 2.24) is 4.90 Å². The quantitative estimate of drug-likeness (QED) is 0.772. The van der Waals surface area contributed by atoms with Crippen molar-refractivity contribution in [2.75, 3.05) is 6.54 Å². The lowest BCUT2D eigenvalue weighted by molar-refractivity contribution is -0.144. The van der Waals surface area contributed by atoms with Crippen LogP contribution in [0.4, 0.5) is 17.6 Å². The molecule has 0 bridgehead atoms. The van der Waals surface area contributed by atoms with Crippen LogP contribution in [0.1, 0.15) is 35.7 Å². The standard InChI is InChI=1S/C15H17F4NO/c1-9-4-3-5-12(13(9)16)14(21)20(8-15(17,18)19)10(2)11-6-7-11/h3-5,10-11H,6-8H2,1-2H3. The summed E-state index contributed by atoms with van der Waals surface area (Å²) in [7, 11) is 0. The van der Waals surface area contributed by atoms with Crippen molar-refractivity contribution in [3.63, 3.8) is 0 Å². The van der Waals surface area contributed by atoms with E-state index in [1.165, 1.54) is 25.1 Å². The highest BCUT2D eigenvalue weighted by molar-refractivity contribution is 5.95. The van der Waals surface area contributed by atoms with Gasteiger partial charge >= 0.3 is 6.18 Å². The van der Waals surface area contributed by atoms with Crippen LogP contribution in [-0.4, -0.2) is 29.6 Å². The monoisotopic (exact) mass is 303 g/mol. The summed E-state index contributed by atoms with van der Waals surface area (Å²) in [5.74, 6) is -1.57. The number of nitrogens with zero attached hydrogens (tertiary/aromatic N) is 1. The van der Waals surface area contributed by atoms with Crippen molar-refractivity contribution in [2.45, 2.75) is 38.9 Å². The van der Waals surface area contributed by atoms with Crippen molar-refractivity contribution >= 4 is 5.91 Å². The van der Waals surface area contributed by atoms with Gasteiger partial charge in [0.05, 0.1) is 5.56 Å². The molecule has 0 aliphatic heterocycles. The summed E-state index contributed by atoms with van der Waals surface area (Å²) >= 11 is 0. The Morgan fingerprint density at radius 1 is 1.38 bits per heavy atom. The van der Waals surface area contributed by atoms with E-state index in [-0.39, 0.29) is 17.0 Å². The summed E-state index contributed by atoms with van der Waals surface area (Å²) in [6.45, 7) is 1.72. The number of halogens is 4. The maximum atomic E-state index is 14.0. The molecule has 116 valence electrons. The predicted octanol–water partition coefficient (Wildman–Crippen LogP) is 3.94. The number of benzene rings is 1. The zero-order chi connectivity index (χ0) is 15.8. The van der Waals surface area contributed by atoms with Crippen molar-refractivity contribution in [3.05, 3.63) is 35.1 Å². The zero-order valence-electron chi connectivity index (χ0n) is 11.9. The number of rotatable bonds is 4. The molecule has 0 radical (unpaired) electrons. The maximum absolute atomic E-state index is 14.0. The molecule has 6 heteroatoms. The third kappa shape index (κ3) is 3.74. The molecular formula is C15H17F4NO. The molecule has 1 unspecified atom stereocenters. The second-order valence-corrected chi connectivity index (χ2v) is 5.56. The molecule has 1 fully saturated rings. The molecule has 1 atom stereocenters. The van der Waals surface area contributed by atoms with Gasteiger partial charge < -0.3 is 4.90 Å². The second kappa shape index (κ2) is 5.66. The Balaban J connectivity index is 2.30. The molecule has 0 spiro atoms. The molecule has 0 N–H and O–H groups in total. The molecule has 1 saturated carbocycles. The van der Waals surface area contributed by atoms with E-state index in [2.05, 4.69) is 0 Å². The van der Waals surface area contributed by atoms with Gasteiger partial charge in [-0.05, 0) is 44.2 Å². The number of hydrogen-bond donors (Lipinski definition) is 0. The van der Waals surface area contributed by atoms with E-state index in [0.29, 0.717) is 0 Å². The normalized spacial score (nSPS) is 16.7. The minimum atomic E-state index is -4.50. The van der Waals surface area contributed by atoms with Crippen LogP contribution in [0.15, 0.2) is 18.2 Å². The van der Waals surface area contributed by atoms with E-state index in [0.717, 1.165) is 17.7 Å². The third-order valence-corrected chi connectivity index (χ3v) is 3.83. The molecule has 0 saturated heterocycles. The average molecular weight is 303 g/mol. The molecule has 21 heavy (non-hydrogen) atoms. The summed E-state index contributed by atoms with van der Waals surface area (Å²) in [6, 6.07) is 3.64. The first-order chi connectivity index (χ1) is 9.70. The molecule has 1 aromatic carbocycles. The molecule has 2 nitrogen and oxygen atoms in total. The van der Waals surface area contributed by atoms with Crippen LogP contribution in [0.2, 0.25) is 0 Å². The van der Waals surface area contributed by atoms with Gasteiger partial charge in [0.15, 0.2) is 0 Å². The topological polar surface area (TPSA) is 20.3 Å². The number of alkyl halides is 3. The lowest BCUT2D eigenvalue weighted by Gasteiger charge is -2.30. The van der Waals surface area contributed by atoms with E-state index < -0.39 is 30.5 Å². The van der Waals surface area contributed by atoms with Crippen LogP contribution >= 0.6 is 0 Å². The second-order valence-electron chi connectivity index (χ2n) is 5.56. The van der Waals surface area contributed by atoms with E-state index >= 15 is 0 Å². The highest BCUT2D eigenvalue weighted by Gasteiger charge is 2.41. The molecule has 1 aromatic rings. The smallest absolute Gasteiger partial charge is 0.326 e. The van der Waals surface area contributed by atoms with Crippen LogP contribution in [0.3, 0.4) is 0 Å². The maximum Gasteiger partial charge on any atom is 0.406 e. The van der Waals surface area contributed by atoms with Gasteiger partial charge in [-0.3, -0.25) is 4.79 Å². The lowest BCUT2D eigenvalue weighted by atomic mass is 10.1. The lowest BCUT2D eigenvalue weighted by Crippen LogP contribution is -2.45. The van der Waals surface area contributed by atoms with Crippen LogP contribution in [-0.2, 0) is 0 Å². The van der Waals surface area contributed by atoms with Crippen molar-refractivity contribution in [3.8, 4) is 0 Å². The molecule has 2 rings (SSSR count). The van der Waals surface area contributed by atoms with E-state index in [9.17, 15) is 22.4 Å². The zero-order valence-corrected chi connectivity index (χ0v) is 11.9. The Labute approximate surface area is 120 Å². The fourth-order valence-corrected chi connectivity index (χ4v) is 2.39. The first-order valence-corrected chi connectivity index (χ1v) is 6.83. The SMILES string of the molecule is Cc1cccc(C(=O)N(CC(F)(F)F)C(C)C2CC2)c1F. The molecule has 0 aromatic heterocycles. The summed E-state index contributed by atoms with van der Waals surface area (Å²) in [5.41, 5.74) is -0.0568. The Bertz CT molecular complexity index is 537. The molecular weight excluding hydrogens is 286 g/mol. The number of hydrogen-bond acceptors (Lipinski definition) is 1. The van der Waals surface area contributed by atoms with Crippen LogP contribution in [0.5, 0.6) is 0 Å². The van der Waals surface area contributed by atoms with Crippen LogP contribution in [0, 0.1) is 18.7 Å². The minimum Gasteiger partial charge on any atom is -0.326 e. The van der Waals surface area contributed by atoms with Gasteiger partial charge in [0.25, 0.3) is 5.91 Å². The minimum absolute atomic E-state index is 0.0733. The fraction of sp³-hybridized carbons (Fsp3) is 0.533. The first kappa shape index (κ1) is 15.8. The Morgan fingerprint density at radius 3 is 2.52 bits per heavy atom. The van der Waals surface area contributed by atoms with Gasteiger partial charge in [-0.2, -0.15) is 13.2 Å². The number of carbonyl (C=O) groups is 1. The number of aryl methyl sites for hydroxylation is 1. The van der Waals surface area contributed by atoms with Gasteiger partial charge in [-0.15, -0.1) is 0 Å². The molecule has 1 aliphatic carbocycles. The van der Waals surface area contributed by atoms with Gasteiger partial charge in [-0.1, -0.05) is 12.1 Å². The third-order valence-electron chi connectivity index (χ3n) is 3.83. The van der Waals surface area contributed by atoms with Crippen molar-refractivity contribution in [1.29, 1.82) is 0 Å². The number of amides is 1. The predicted molar refractivity (Wildman–Crippen MR) is 70.4 cm³/mol. The summed E-state index contributed by atoms with van der Waals surface area (Å²) in [5, 5.41) is 0. The van der Waals surface area contributed by atoms with Crippen LogP contribution < -0.4 is 0 Å². The Kier molecular flexibility index (Phi) is 4.25. The summed E-state index contributed by atoms with van der Waals surface area (Å²) in [4.78, 5) is 13.1. The van der Waals surface area contributed by atoms with E-state index in [1.807, 2.05) is 0 Å². The largest absolute Gasteiger partial charge is 0.406 e. The van der Waals surface area contributed by atoms with Gasteiger partial charge in [0.1, 0.15) is 12.4 Å². The first-order valence-electron chi connectivity index (χ1n) is 6.83. The molecule has 0 heterocycles. The highest BCUT2D eigenvalue weighted by atomic mass is 19.4. The number of carbonyl (C=O) groups excluding carboxylic acids is 1. The van der Waals surface area contributed by atoms with Gasteiger partial charge in [-0.25, -0.2) is 4.39 Å². The van der Waals surface area contributed by atoms with E-state index in [4.69, 9.17) is 0 Å². The Hall–Kier alpha value is -1.59. The fourth-order valence-electron chi connectivity index (χ4n) is 2.39.